The molecule has 2 amide bonds. The van der Waals surface area contributed by atoms with Crippen LogP contribution in [-0.2, 0) is 30.1 Å². The molecule has 11 heteroatoms. The van der Waals surface area contributed by atoms with Gasteiger partial charge in [0.1, 0.15) is 0 Å². The Morgan fingerprint density at radius 1 is 1.00 bits per heavy atom. The average Bonchev–Trinajstić information content (AvgIpc) is 3.43. The highest BCUT2D eigenvalue weighted by molar-refractivity contribution is 6.22. The fourth-order valence-corrected chi connectivity index (χ4v) is 4.89. The Bertz CT molecular complexity index is 1410. The summed E-state index contributed by atoms with van der Waals surface area (Å²) in [6, 6.07) is 7.04. The van der Waals surface area contributed by atoms with Gasteiger partial charge in [0.25, 0.3) is 11.5 Å². The molecule has 1 atom stereocenters. The number of piperazine rings is 1. The smallest absolute Gasteiger partial charge is 0.332 e. The molecule has 11 nitrogen and oxygen atoms in total. The third-order valence-corrected chi connectivity index (χ3v) is 6.87. The molecule has 1 aromatic carbocycles. The zero-order valence-corrected chi connectivity index (χ0v) is 19.4. The minimum absolute atomic E-state index is 0.166. The highest BCUT2D eigenvalue weighted by Crippen LogP contribution is 2.29. The lowest BCUT2D eigenvalue weighted by atomic mass is 10.1. The summed E-state index contributed by atoms with van der Waals surface area (Å²) in [5, 5.41) is 0. The molecule has 3 aromatic rings. The summed E-state index contributed by atoms with van der Waals surface area (Å²) in [5.41, 5.74) is 1.39. The van der Waals surface area contributed by atoms with Crippen LogP contribution in [0.15, 0.2) is 33.9 Å². The van der Waals surface area contributed by atoms with E-state index in [0.29, 0.717) is 43.5 Å². The average molecular weight is 466 g/mol. The predicted molar refractivity (Wildman–Crippen MR) is 127 cm³/mol. The zero-order chi connectivity index (χ0) is 24.1. The second kappa shape index (κ2) is 8.24. The molecule has 178 valence electrons. The number of anilines is 2. The normalized spacial score (nSPS) is 19.6. The van der Waals surface area contributed by atoms with Crippen LogP contribution >= 0.6 is 0 Å². The van der Waals surface area contributed by atoms with Crippen molar-refractivity contribution in [3.63, 3.8) is 0 Å². The van der Waals surface area contributed by atoms with Gasteiger partial charge in [-0.05, 0) is 18.1 Å². The number of amides is 2. The van der Waals surface area contributed by atoms with Crippen molar-refractivity contribution in [1.29, 1.82) is 0 Å². The molecule has 2 fully saturated rings. The summed E-state index contributed by atoms with van der Waals surface area (Å²) in [6.07, 6.45) is 0.905. The molecule has 34 heavy (non-hydrogen) atoms. The lowest BCUT2D eigenvalue weighted by molar-refractivity contribution is -0.123. The largest absolute Gasteiger partial charge is 0.340 e. The maximum Gasteiger partial charge on any atom is 0.332 e. The molecule has 0 bridgehead atoms. The number of hydrogen-bond acceptors (Lipinski definition) is 7. The third-order valence-electron chi connectivity index (χ3n) is 6.87. The number of hydrogen-bond donors (Lipinski definition) is 1. The summed E-state index contributed by atoms with van der Waals surface area (Å²) < 4.78 is 2.39. The number of imidazole rings is 1. The monoisotopic (exact) mass is 465 g/mol. The number of carbonyl (C=O) groups is 2. The number of aromatic nitrogens is 4. The van der Waals surface area contributed by atoms with Gasteiger partial charge < -0.3 is 9.88 Å². The van der Waals surface area contributed by atoms with Gasteiger partial charge in [-0.2, -0.15) is 4.98 Å². The molecular formula is C23H27N7O4. The molecule has 0 saturated carbocycles. The van der Waals surface area contributed by atoms with Gasteiger partial charge >= 0.3 is 5.69 Å². The number of rotatable bonds is 4. The first kappa shape index (κ1) is 22.1. The van der Waals surface area contributed by atoms with Crippen molar-refractivity contribution in [2.45, 2.75) is 25.8 Å². The van der Waals surface area contributed by atoms with E-state index >= 15 is 0 Å². The van der Waals surface area contributed by atoms with E-state index in [0.717, 1.165) is 16.6 Å². The van der Waals surface area contributed by atoms with Crippen molar-refractivity contribution in [2.24, 2.45) is 14.1 Å². The van der Waals surface area contributed by atoms with Crippen LogP contribution in [0.25, 0.3) is 11.2 Å². The maximum atomic E-state index is 13.3. The van der Waals surface area contributed by atoms with Gasteiger partial charge in [-0.25, -0.2) is 9.69 Å². The fraction of sp³-hybridized carbons (Fsp3) is 0.435. The van der Waals surface area contributed by atoms with E-state index in [4.69, 9.17) is 0 Å². The van der Waals surface area contributed by atoms with E-state index in [1.807, 2.05) is 41.0 Å². The van der Waals surface area contributed by atoms with Crippen LogP contribution in [0.4, 0.5) is 11.6 Å². The number of aromatic amines is 1. The van der Waals surface area contributed by atoms with E-state index in [1.165, 1.54) is 16.5 Å². The molecule has 4 heterocycles. The van der Waals surface area contributed by atoms with Crippen molar-refractivity contribution in [1.82, 2.24) is 24.0 Å². The van der Waals surface area contributed by atoms with E-state index in [9.17, 15) is 19.2 Å². The number of aryl methyl sites for hydroxylation is 2. The van der Waals surface area contributed by atoms with Crippen molar-refractivity contribution < 1.29 is 9.59 Å². The molecule has 5 rings (SSSR count). The topological polar surface area (TPSA) is 117 Å². The number of nitrogens with zero attached hydrogens (tertiary/aromatic N) is 6. The Kier molecular flexibility index (Phi) is 5.35. The molecule has 0 radical (unpaired) electrons. The molecule has 2 aliphatic rings. The molecule has 2 aromatic heterocycles. The molecule has 1 N–H and O–H groups in total. The molecule has 0 aliphatic carbocycles. The third kappa shape index (κ3) is 3.35. The van der Waals surface area contributed by atoms with E-state index in [2.05, 4.69) is 9.97 Å². The molecule has 0 spiro atoms. The number of carbonyl (C=O) groups excluding carboxylic acids is 2. The summed E-state index contributed by atoms with van der Waals surface area (Å²) in [4.78, 5) is 63.6. The van der Waals surface area contributed by atoms with Crippen LogP contribution in [0.2, 0.25) is 0 Å². The van der Waals surface area contributed by atoms with Gasteiger partial charge in [0.05, 0.1) is 18.2 Å². The number of fused-ring (bicyclic) bond motifs is 1. The minimum Gasteiger partial charge on any atom is -0.340 e. The second-order valence-corrected chi connectivity index (χ2v) is 8.76. The number of benzene rings is 1. The van der Waals surface area contributed by atoms with E-state index < -0.39 is 17.3 Å². The Morgan fingerprint density at radius 3 is 2.41 bits per heavy atom. The van der Waals surface area contributed by atoms with Gasteiger partial charge in [-0.15, -0.1) is 0 Å². The quantitative estimate of drug-likeness (QED) is 0.538. The molecular weight excluding hydrogens is 438 g/mol. The first-order valence-corrected chi connectivity index (χ1v) is 11.4. The standard InChI is InChI=1S/C23H27N7O4/c1-4-14-7-5-6-8-15(14)30-17(31)13-16(20(30)32)28-9-11-29(12-10-28)22-24-18-19(25-22)26(2)23(34)27(3)21(18)33/h5-8,16H,4,9-13H2,1-3H3,(H,24,25). The number of nitrogens with one attached hydrogen (secondary N) is 1. The van der Waals surface area contributed by atoms with Gasteiger partial charge in [-0.1, -0.05) is 25.1 Å². The molecule has 1 unspecified atom stereocenters. The fourth-order valence-electron chi connectivity index (χ4n) is 4.89. The number of H-pyrrole nitrogens is 1. The van der Waals surface area contributed by atoms with Gasteiger partial charge in [0.2, 0.25) is 11.9 Å². The first-order chi connectivity index (χ1) is 16.3. The summed E-state index contributed by atoms with van der Waals surface area (Å²) in [6.45, 7) is 4.28. The lowest BCUT2D eigenvalue weighted by Crippen LogP contribution is -2.53. The van der Waals surface area contributed by atoms with Crippen molar-refractivity contribution >= 4 is 34.6 Å². The molecule has 2 aliphatic heterocycles. The highest BCUT2D eigenvalue weighted by Gasteiger charge is 2.44. The Labute approximate surface area is 195 Å². The van der Waals surface area contributed by atoms with Crippen LogP contribution in [0.1, 0.15) is 18.9 Å². The van der Waals surface area contributed by atoms with Crippen LogP contribution in [0.5, 0.6) is 0 Å². The van der Waals surface area contributed by atoms with Crippen LogP contribution in [0.3, 0.4) is 0 Å². The Balaban J connectivity index is 1.33. The Morgan fingerprint density at radius 2 is 1.71 bits per heavy atom. The van der Waals surface area contributed by atoms with Crippen LogP contribution in [0, 0.1) is 0 Å². The minimum atomic E-state index is -0.483. The zero-order valence-electron chi connectivity index (χ0n) is 19.4. The summed E-state index contributed by atoms with van der Waals surface area (Å²) in [5.74, 6) is 0.161. The van der Waals surface area contributed by atoms with Gasteiger partial charge in [0, 0.05) is 40.3 Å². The van der Waals surface area contributed by atoms with Gasteiger partial charge in [0.15, 0.2) is 11.2 Å². The predicted octanol–water partition coefficient (Wildman–Crippen LogP) is -0.0232. The first-order valence-electron chi connectivity index (χ1n) is 11.4. The lowest BCUT2D eigenvalue weighted by Gasteiger charge is -2.36. The highest BCUT2D eigenvalue weighted by atomic mass is 16.2. The van der Waals surface area contributed by atoms with E-state index in [1.54, 1.807) is 7.05 Å². The summed E-state index contributed by atoms with van der Waals surface area (Å²) in [7, 11) is 3.02. The van der Waals surface area contributed by atoms with Crippen LogP contribution in [-0.4, -0.2) is 68.0 Å². The summed E-state index contributed by atoms with van der Waals surface area (Å²) >= 11 is 0. The van der Waals surface area contributed by atoms with Crippen molar-refractivity contribution in [3.8, 4) is 0 Å². The van der Waals surface area contributed by atoms with Gasteiger partial charge in [-0.3, -0.25) is 28.4 Å². The maximum absolute atomic E-state index is 13.3. The Hall–Kier alpha value is -3.73. The van der Waals surface area contributed by atoms with Crippen molar-refractivity contribution in [2.75, 3.05) is 36.0 Å². The number of para-hydroxylation sites is 1. The SMILES string of the molecule is CCc1ccccc1N1C(=O)CC(N2CCN(c3nc4c([nH]3)c(=O)n(C)c(=O)n4C)CC2)C1=O. The van der Waals surface area contributed by atoms with E-state index in [-0.39, 0.29) is 23.8 Å². The number of imide groups is 1. The second-order valence-electron chi connectivity index (χ2n) is 8.76. The van der Waals surface area contributed by atoms with Crippen LogP contribution < -0.4 is 21.0 Å². The van der Waals surface area contributed by atoms with Crippen molar-refractivity contribution in [3.05, 3.63) is 50.7 Å². The molecule has 2 saturated heterocycles.